The number of nitrogens with one attached hydrogen (secondary N) is 1. The fourth-order valence-electron chi connectivity index (χ4n) is 2.48. The summed E-state index contributed by atoms with van der Waals surface area (Å²) in [5, 5.41) is 8.62. The van der Waals surface area contributed by atoms with Gasteiger partial charge in [-0.1, -0.05) is 0 Å². The van der Waals surface area contributed by atoms with Gasteiger partial charge in [0.2, 0.25) is 0 Å². The Labute approximate surface area is 191 Å². The molecule has 33 heavy (non-hydrogen) atoms. The molecular formula is C21H24F2N4O5S. The number of guanidine groups is 1. The van der Waals surface area contributed by atoms with Crippen molar-refractivity contribution >= 4 is 28.9 Å². The van der Waals surface area contributed by atoms with Crippen molar-refractivity contribution in [1.29, 1.82) is 0 Å². The molecule has 0 aromatic heterocycles. The molecule has 1 unspecified atom stereocenters. The van der Waals surface area contributed by atoms with E-state index in [9.17, 15) is 17.8 Å². The normalized spacial score (nSPS) is 12.3. The van der Waals surface area contributed by atoms with Gasteiger partial charge in [0.25, 0.3) is 5.91 Å². The third kappa shape index (κ3) is 8.35. The third-order valence-corrected chi connectivity index (χ3v) is 5.11. The number of hydrogen-bond acceptors (Lipinski definition) is 5. The zero-order valence-corrected chi connectivity index (χ0v) is 18.5. The lowest BCUT2D eigenvalue weighted by molar-refractivity contribution is -0.114. The second-order valence-corrected chi connectivity index (χ2v) is 7.85. The Morgan fingerprint density at radius 1 is 1.18 bits per heavy atom. The van der Waals surface area contributed by atoms with Gasteiger partial charge in [-0.15, -0.1) is 0 Å². The van der Waals surface area contributed by atoms with E-state index in [1.54, 1.807) is 0 Å². The van der Waals surface area contributed by atoms with Gasteiger partial charge in [-0.05, 0) is 55.0 Å². The van der Waals surface area contributed by atoms with Crippen molar-refractivity contribution in [2.24, 2.45) is 16.5 Å². The van der Waals surface area contributed by atoms with Gasteiger partial charge in [-0.25, -0.2) is 17.7 Å². The first-order chi connectivity index (χ1) is 15.7. The summed E-state index contributed by atoms with van der Waals surface area (Å²) >= 11 is 0. The number of nitrogens with zero attached hydrogens (tertiary/aromatic N) is 1. The molecule has 0 aliphatic carbocycles. The standard InChI is InChI=1S/C21H24F2N4O5S/c1-13(20(29)27-21(24)25)10-14-11-17(22)19(18(23)12-14)32-15-2-4-16(5-3-15)33(30)26-6-8-31-9-7-28/h2-5,10-12,26,28H,6-9H2,1H3,(H4,24,25,27,29)/b13-10+. The Bertz CT molecular complexity index is 1030. The highest BCUT2D eigenvalue weighted by molar-refractivity contribution is 7.83. The van der Waals surface area contributed by atoms with Crippen molar-refractivity contribution in [1.82, 2.24) is 4.72 Å². The number of amides is 1. The van der Waals surface area contributed by atoms with Gasteiger partial charge in [0.1, 0.15) is 16.7 Å². The first kappa shape index (κ1) is 26.1. The fraction of sp³-hybridized carbons (Fsp3) is 0.238. The van der Waals surface area contributed by atoms with Gasteiger partial charge in [0, 0.05) is 12.1 Å². The zero-order chi connectivity index (χ0) is 24.4. The van der Waals surface area contributed by atoms with Gasteiger partial charge >= 0.3 is 0 Å². The number of carbonyl (C=O) groups is 1. The minimum atomic E-state index is -1.52. The molecule has 2 aromatic rings. The van der Waals surface area contributed by atoms with E-state index in [0.717, 1.165) is 12.1 Å². The maximum Gasteiger partial charge on any atom is 0.275 e. The van der Waals surface area contributed by atoms with Crippen molar-refractivity contribution in [3.63, 3.8) is 0 Å². The Morgan fingerprint density at radius 2 is 1.82 bits per heavy atom. The van der Waals surface area contributed by atoms with Crippen molar-refractivity contribution in [3.8, 4) is 11.5 Å². The maximum atomic E-state index is 14.5. The molecule has 0 spiro atoms. The number of nitrogens with two attached hydrogens (primary N) is 2. The van der Waals surface area contributed by atoms with Crippen molar-refractivity contribution in [3.05, 3.63) is 59.2 Å². The zero-order valence-electron chi connectivity index (χ0n) is 17.7. The highest BCUT2D eigenvalue weighted by atomic mass is 32.2. The summed E-state index contributed by atoms with van der Waals surface area (Å²) in [6.45, 7) is 2.08. The molecular weight excluding hydrogens is 458 g/mol. The van der Waals surface area contributed by atoms with E-state index in [1.807, 2.05) is 0 Å². The van der Waals surface area contributed by atoms with Crippen molar-refractivity contribution < 1.29 is 32.4 Å². The number of hydrogen-bond donors (Lipinski definition) is 4. The van der Waals surface area contributed by atoms with E-state index in [-0.39, 0.29) is 36.7 Å². The van der Waals surface area contributed by atoms with E-state index in [1.165, 1.54) is 37.3 Å². The van der Waals surface area contributed by atoms with Crippen LogP contribution in [-0.2, 0) is 20.5 Å². The summed E-state index contributed by atoms with van der Waals surface area (Å²) in [5.74, 6) is -3.64. The van der Waals surface area contributed by atoms with Gasteiger partial charge in [0.05, 0.1) is 24.7 Å². The molecule has 0 fully saturated rings. The summed E-state index contributed by atoms with van der Waals surface area (Å²) in [6, 6.07) is 7.80. The molecule has 0 saturated heterocycles. The SMILES string of the molecule is C/C(=C\c1cc(F)c(Oc2ccc(S(=O)NCCOCCO)cc2)c(F)c1)C(=O)N=C(N)N. The summed E-state index contributed by atoms with van der Waals surface area (Å²) in [5.41, 5.74) is 10.4. The smallest absolute Gasteiger partial charge is 0.275 e. The topological polar surface area (TPSA) is 149 Å². The Hall–Kier alpha value is -3.19. The molecule has 0 aliphatic heterocycles. The molecule has 0 radical (unpaired) electrons. The third-order valence-electron chi connectivity index (χ3n) is 3.94. The summed E-state index contributed by atoms with van der Waals surface area (Å²) in [7, 11) is -1.52. The lowest BCUT2D eigenvalue weighted by Crippen LogP contribution is -2.24. The highest BCUT2D eigenvalue weighted by Gasteiger charge is 2.15. The summed E-state index contributed by atoms with van der Waals surface area (Å²) in [4.78, 5) is 15.5. The molecule has 12 heteroatoms. The van der Waals surface area contributed by atoms with E-state index < -0.39 is 40.2 Å². The molecule has 2 rings (SSSR count). The van der Waals surface area contributed by atoms with Crippen LogP contribution in [0.2, 0.25) is 0 Å². The lowest BCUT2D eigenvalue weighted by Gasteiger charge is -2.10. The number of carbonyl (C=O) groups excluding carboxylic acids is 1. The number of halogens is 2. The fourth-order valence-corrected chi connectivity index (χ4v) is 3.30. The van der Waals surface area contributed by atoms with E-state index >= 15 is 0 Å². The highest BCUT2D eigenvalue weighted by Crippen LogP contribution is 2.29. The number of benzene rings is 2. The first-order valence-electron chi connectivity index (χ1n) is 9.64. The van der Waals surface area contributed by atoms with Crippen LogP contribution in [0.5, 0.6) is 11.5 Å². The van der Waals surface area contributed by atoms with E-state index in [4.69, 9.17) is 26.0 Å². The maximum absolute atomic E-state index is 14.5. The van der Waals surface area contributed by atoms with Crippen LogP contribution in [0, 0.1) is 11.6 Å². The molecule has 0 aliphatic rings. The number of ether oxygens (including phenoxy) is 2. The van der Waals surface area contributed by atoms with Crippen LogP contribution in [0.1, 0.15) is 12.5 Å². The summed E-state index contributed by atoms with van der Waals surface area (Å²) < 4.78 is 54.2. The molecule has 0 heterocycles. The lowest BCUT2D eigenvalue weighted by atomic mass is 10.1. The van der Waals surface area contributed by atoms with Gasteiger partial charge in [0.15, 0.2) is 23.3 Å². The Balaban J connectivity index is 2.06. The molecule has 0 bridgehead atoms. The predicted molar refractivity (Wildman–Crippen MR) is 120 cm³/mol. The number of aliphatic hydroxyl groups excluding tert-OH is 1. The minimum Gasteiger partial charge on any atom is -0.451 e. The first-order valence-corrected chi connectivity index (χ1v) is 10.8. The molecule has 2 aromatic carbocycles. The van der Waals surface area contributed by atoms with Crippen LogP contribution in [0.4, 0.5) is 8.78 Å². The van der Waals surface area contributed by atoms with Crippen LogP contribution < -0.4 is 20.9 Å². The molecule has 1 amide bonds. The van der Waals surface area contributed by atoms with Crippen LogP contribution in [0.25, 0.3) is 6.08 Å². The molecule has 0 saturated carbocycles. The van der Waals surface area contributed by atoms with Gasteiger partial charge < -0.3 is 26.0 Å². The predicted octanol–water partition coefficient (Wildman–Crippen LogP) is 1.58. The Morgan fingerprint density at radius 3 is 2.39 bits per heavy atom. The van der Waals surface area contributed by atoms with Crippen LogP contribution >= 0.6 is 0 Å². The second-order valence-electron chi connectivity index (χ2n) is 6.56. The Kier molecular flexibility index (Phi) is 10.1. The molecule has 9 nitrogen and oxygen atoms in total. The van der Waals surface area contributed by atoms with E-state index in [0.29, 0.717) is 11.4 Å². The second kappa shape index (κ2) is 12.7. The van der Waals surface area contributed by atoms with Crippen molar-refractivity contribution in [2.45, 2.75) is 11.8 Å². The number of rotatable bonds is 11. The van der Waals surface area contributed by atoms with Crippen LogP contribution in [-0.4, -0.2) is 47.5 Å². The molecule has 1 atom stereocenters. The molecule has 178 valence electrons. The van der Waals surface area contributed by atoms with Gasteiger partial charge in [-0.2, -0.15) is 4.99 Å². The average molecular weight is 483 g/mol. The van der Waals surface area contributed by atoms with E-state index in [2.05, 4.69) is 9.71 Å². The quantitative estimate of drug-likeness (QED) is 0.164. The largest absolute Gasteiger partial charge is 0.451 e. The number of aliphatic hydroxyl groups is 1. The number of aliphatic imine (C=N–C) groups is 1. The van der Waals surface area contributed by atoms with Crippen LogP contribution in [0.15, 0.2) is 51.9 Å². The summed E-state index contributed by atoms with van der Waals surface area (Å²) in [6.07, 6.45) is 1.23. The van der Waals surface area contributed by atoms with Crippen molar-refractivity contribution in [2.75, 3.05) is 26.4 Å². The monoisotopic (exact) mass is 482 g/mol. The molecule has 6 N–H and O–H groups in total. The van der Waals surface area contributed by atoms with Crippen LogP contribution in [0.3, 0.4) is 0 Å². The average Bonchev–Trinajstić information content (AvgIpc) is 2.76. The van der Waals surface area contributed by atoms with Gasteiger partial charge in [-0.3, -0.25) is 4.79 Å². The minimum absolute atomic E-state index is 0.0769.